The number of carbonyl (C=O) groups excluding carboxylic acids is 1. The van der Waals surface area contributed by atoms with Crippen LogP contribution in [-0.4, -0.2) is 25.1 Å². The normalized spacial score (nSPS) is 12.2. The summed E-state index contributed by atoms with van der Waals surface area (Å²) in [6, 6.07) is 7.89. The zero-order valence-electron chi connectivity index (χ0n) is 13.3. The molecule has 0 aliphatic carbocycles. The van der Waals surface area contributed by atoms with Gasteiger partial charge in [-0.1, -0.05) is 39.0 Å². The van der Waals surface area contributed by atoms with Crippen LogP contribution < -0.4 is 15.8 Å². The van der Waals surface area contributed by atoms with Crippen molar-refractivity contribution in [1.29, 1.82) is 0 Å². The third-order valence-corrected chi connectivity index (χ3v) is 2.88. The highest BCUT2D eigenvalue weighted by atomic mass is 35.5. The molecule has 0 fully saturated rings. The van der Waals surface area contributed by atoms with E-state index in [4.69, 9.17) is 10.5 Å². The smallest absolute Gasteiger partial charge is 0.221 e. The van der Waals surface area contributed by atoms with Crippen molar-refractivity contribution < 1.29 is 9.53 Å². The van der Waals surface area contributed by atoms with Gasteiger partial charge in [0.15, 0.2) is 0 Å². The van der Waals surface area contributed by atoms with Crippen molar-refractivity contribution in [3.63, 3.8) is 0 Å². The summed E-state index contributed by atoms with van der Waals surface area (Å²) < 4.78 is 5.77. The summed E-state index contributed by atoms with van der Waals surface area (Å²) in [4.78, 5) is 11.4. The molecule has 0 bridgehead atoms. The SMILES string of the molecule is CC(N)CC(=O)NCCOc1ccccc1C(C)(C)C.Cl. The topological polar surface area (TPSA) is 64.4 Å². The van der Waals surface area contributed by atoms with Crippen LogP contribution in [0.5, 0.6) is 5.75 Å². The van der Waals surface area contributed by atoms with Gasteiger partial charge in [0.1, 0.15) is 12.4 Å². The number of rotatable bonds is 6. The molecule has 0 aliphatic heterocycles. The number of nitrogens with two attached hydrogens (primary N) is 1. The third kappa shape index (κ3) is 7.34. The van der Waals surface area contributed by atoms with Crippen molar-refractivity contribution in [2.45, 2.75) is 45.6 Å². The van der Waals surface area contributed by atoms with Gasteiger partial charge in [0.05, 0.1) is 6.54 Å². The van der Waals surface area contributed by atoms with E-state index in [9.17, 15) is 4.79 Å². The van der Waals surface area contributed by atoms with Gasteiger partial charge < -0.3 is 15.8 Å². The molecule has 21 heavy (non-hydrogen) atoms. The van der Waals surface area contributed by atoms with Crippen molar-refractivity contribution >= 4 is 18.3 Å². The summed E-state index contributed by atoms with van der Waals surface area (Å²) in [5, 5.41) is 2.80. The van der Waals surface area contributed by atoms with Gasteiger partial charge in [-0.25, -0.2) is 0 Å². The van der Waals surface area contributed by atoms with Crippen LogP contribution in [0, 0.1) is 0 Å². The Morgan fingerprint density at radius 1 is 1.33 bits per heavy atom. The van der Waals surface area contributed by atoms with E-state index in [1.54, 1.807) is 0 Å². The van der Waals surface area contributed by atoms with Gasteiger partial charge >= 0.3 is 0 Å². The van der Waals surface area contributed by atoms with E-state index in [-0.39, 0.29) is 29.8 Å². The molecule has 0 aromatic heterocycles. The molecule has 1 atom stereocenters. The average Bonchev–Trinajstić information content (AvgIpc) is 2.33. The van der Waals surface area contributed by atoms with Gasteiger partial charge in [0.25, 0.3) is 0 Å². The Kier molecular flexibility index (Phi) is 8.37. The van der Waals surface area contributed by atoms with Crippen LogP contribution in [0.4, 0.5) is 0 Å². The zero-order valence-corrected chi connectivity index (χ0v) is 14.1. The standard InChI is InChI=1S/C16H26N2O2.ClH/c1-12(17)11-15(19)18-9-10-20-14-8-6-5-7-13(14)16(2,3)4;/h5-8,12H,9-11,17H2,1-4H3,(H,18,19);1H. The molecule has 120 valence electrons. The number of nitrogens with one attached hydrogen (secondary N) is 1. The molecule has 4 nitrogen and oxygen atoms in total. The summed E-state index contributed by atoms with van der Waals surface area (Å²) in [6.07, 6.45) is 0.346. The summed E-state index contributed by atoms with van der Waals surface area (Å²) in [7, 11) is 0. The van der Waals surface area contributed by atoms with Crippen LogP contribution >= 0.6 is 12.4 Å². The number of halogens is 1. The maximum Gasteiger partial charge on any atom is 0.221 e. The Morgan fingerprint density at radius 3 is 2.52 bits per heavy atom. The quantitative estimate of drug-likeness (QED) is 0.793. The Labute approximate surface area is 133 Å². The number of carbonyl (C=O) groups is 1. The lowest BCUT2D eigenvalue weighted by Gasteiger charge is -2.22. The molecule has 1 aromatic carbocycles. The van der Waals surface area contributed by atoms with Crippen molar-refractivity contribution in [1.82, 2.24) is 5.32 Å². The van der Waals surface area contributed by atoms with E-state index in [0.29, 0.717) is 19.6 Å². The predicted molar refractivity (Wildman–Crippen MR) is 89.2 cm³/mol. The molecule has 1 unspecified atom stereocenters. The Balaban J connectivity index is 0.00000400. The zero-order chi connectivity index (χ0) is 15.2. The Hall–Kier alpha value is -1.26. The van der Waals surface area contributed by atoms with Gasteiger partial charge in [0.2, 0.25) is 5.91 Å². The fraction of sp³-hybridized carbons (Fsp3) is 0.562. The highest BCUT2D eigenvalue weighted by molar-refractivity contribution is 5.85. The molecule has 0 saturated carbocycles. The molecule has 1 aromatic rings. The molecule has 0 radical (unpaired) electrons. The second-order valence-corrected chi connectivity index (χ2v) is 6.13. The van der Waals surface area contributed by atoms with Crippen molar-refractivity contribution in [3.8, 4) is 5.75 Å². The second-order valence-electron chi connectivity index (χ2n) is 6.13. The highest BCUT2D eigenvalue weighted by Crippen LogP contribution is 2.30. The molecule has 0 heterocycles. The molecular weight excluding hydrogens is 288 g/mol. The lowest BCUT2D eigenvalue weighted by Crippen LogP contribution is -2.32. The first-order chi connectivity index (χ1) is 9.30. The first kappa shape index (κ1) is 19.7. The molecule has 5 heteroatoms. The number of para-hydroxylation sites is 1. The molecule has 1 rings (SSSR count). The summed E-state index contributed by atoms with van der Waals surface area (Å²) in [6.45, 7) is 9.22. The van der Waals surface area contributed by atoms with E-state index in [1.807, 2.05) is 25.1 Å². The fourth-order valence-corrected chi connectivity index (χ4v) is 1.93. The van der Waals surface area contributed by atoms with Crippen LogP contribution in [0.25, 0.3) is 0 Å². The number of amides is 1. The second kappa shape index (κ2) is 8.90. The van der Waals surface area contributed by atoms with Gasteiger partial charge in [0, 0.05) is 12.5 Å². The van der Waals surface area contributed by atoms with E-state index in [0.717, 1.165) is 5.75 Å². The molecule has 0 spiro atoms. The van der Waals surface area contributed by atoms with E-state index in [2.05, 4.69) is 32.2 Å². The van der Waals surface area contributed by atoms with Crippen LogP contribution in [-0.2, 0) is 10.2 Å². The Morgan fingerprint density at radius 2 is 1.95 bits per heavy atom. The maximum absolute atomic E-state index is 11.4. The average molecular weight is 315 g/mol. The minimum absolute atomic E-state index is 0. The lowest BCUT2D eigenvalue weighted by molar-refractivity contribution is -0.121. The summed E-state index contributed by atoms with van der Waals surface area (Å²) in [5.41, 5.74) is 6.77. The number of hydrogen-bond acceptors (Lipinski definition) is 3. The van der Waals surface area contributed by atoms with Crippen LogP contribution in [0.15, 0.2) is 24.3 Å². The monoisotopic (exact) mass is 314 g/mol. The van der Waals surface area contributed by atoms with E-state index < -0.39 is 0 Å². The highest BCUT2D eigenvalue weighted by Gasteiger charge is 2.18. The largest absolute Gasteiger partial charge is 0.491 e. The Bertz CT molecular complexity index is 442. The third-order valence-electron chi connectivity index (χ3n) is 2.88. The van der Waals surface area contributed by atoms with Gasteiger partial charge in [-0.3, -0.25) is 4.79 Å². The fourth-order valence-electron chi connectivity index (χ4n) is 1.93. The van der Waals surface area contributed by atoms with E-state index in [1.165, 1.54) is 5.56 Å². The van der Waals surface area contributed by atoms with Gasteiger partial charge in [-0.15, -0.1) is 12.4 Å². The molecule has 0 aliphatic rings. The van der Waals surface area contributed by atoms with Crippen molar-refractivity contribution in [2.24, 2.45) is 5.73 Å². The number of hydrogen-bond donors (Lipinski definition) is 2. The number of ether oxygens (including phenoxy) is 1. The summed E-state index contributed by atoms with van der Waals surface area (Å²) in [5.74, 6) is 0.842. The molecular formula is C16H27ClN2O2. The first-order valence-electron chi connectivity index (χ1n) is 7.05. The number of benzene rings is 1. The van der Waals surface area contributed by atoms with Crippen molar-refractivity contribution in [3.05, 3.63) is 29.8 Å². The van der Waals surface area contributed by atoms with Crippen LogP contribution in [0.2, 0.25) is 0 Å². The van der Waals surface area contributed by atoms with Crippen LogP contribution in [0.3, 0.4) is 0 Å². The van der Waals surface area contributed by atoms with Crippen LogP contribution in [0.1, 0.15) is 39.7 Å². The molecule has 0 saturated heterocycles. The predicted octanol–water partition coefficient (Wildman–Crippen LogP) is 2.64. The first-order valence-corrected chi connectivity index (χ1v) is 7.05. The van der Waals surface area contributed by atoms with Gasteiger partial charge in [-0.2, -0.15) is 0 Å². The lowest BCUT2D eigenvalue weighted by atomic mass is 9.86. The molecule has 1 amide bonds. The molecule has 3 N–H and O–H groups in total. The van der Waals surface area contributed by atoms with Gasteiger partial charge in [-0.05, 0) is 24.0 Å². The van der Waals surface area contributed by atoms with E-state index >= 15 is 0 Å². The minimum atomic E-state index is -0.113. The summed E-state index contributed by atoms with van der Waals surface area (Å²) >= 11 is 0. The van der Waals surface area contributed by atoms with Crippen molar-refractivity contribution in [2.75, 3.05) is 13.2 Å². The maximum atomic E-state index is 11.4. The minimum Gasteiger partial charge on any atom is -0.491 e.